The molecule has 0 aromatic heterocycles. The molecule has 0 heterocycles. The van der Waals surface area contributed by atoms with Crippen molar-refractivity contribution in [3.05, 3.63) is 27.8 Å². The van der Waals surface area contributed by atoms with Gasteiger partial charge in [-0.15, -0.1) is 0 Å². The zero-order valence-corrected chi connectivity index (χ0v) is 10.1. The highest BCUT2D eigenvalue weighted by atomic mass is 16.6. The predicted molar refractivity (Wildman–Crippen MR) is 63.6 cm³/mol. The van der Waals surface area contributed by atoms with E-state index in [1.54, 1.807) is 6.07 Å². The van der Waals surface area contributed by atoms with Gasteiger partial charge in [0.15, 0.2) is 5.75 Å². The van der Waals surface area contributed by atoms with E-state index in [4.69, 9.17) is 15.2 Å². The van der Waals surface area contributed by atoms with E-state index in [-0.39, 0.29) is 17.5 Å². The van der Waals surface area contributed by atoms with Gasteiger partial charge in [-0.05, 0) is 19.4 Å². The minimum Gasteiger partial charge on any atom is -0.492 e. The van der Waals surface area contributed by atoms with Crippen molar-refractivity contribution in [1.29, 1.82) is 0 Å². The Hall–Kier alpha value is -1.82. The lowest BCUT2D eigenvalue weighted by Crippen LogP contribution is -2.18. The van der Waals surface area contributed by atoms with Crippen molar-refractivity contribution in [3.8, 4) is 11.5 Å². The Balaban J connectivity index is 3.32. The van der Waals surface area contributed by atoms with Crippen LogP contribution in [0.15, 0.2) is 12.1 Å². The van der Waals surface area contributed by atoms with Gasteiger partial charge in [-0.2, -0.15) is 0 Å². The number of methoxy groups -OCH3 is 2. The van der Waals surface area contributed by atoms with Crippen LogP contribution in [-0.4, -0.2) is 25.2 Å². The smallest absolute Gasteiger partial charge is 0.314 e. The van der Waals surface area contributed by atoms with Gasteiger partial charge in [-0.1, -0.05) is 0 Å². The minimum absolute atomic E-state index is 0.0601. The maximum Gasteiger partial charge on any atom is 0.314 e. The summed E-state index contributed by atoms with van der Waals surface area (Å²) >= 11 is 0. The second-order valence-electron chi connectivity index (χ2n) is 3.75. The van der Waals surface area contributed by atoms with Crippen molar-refractivity contribution >= 4 is 5.69 Å². The van der Waals surface area contributed by atoms with Crippen LogP contribution in [0.25, 0.3) is 0 Å². The van der Waals surface area contributed by atoms with Crippen LogP contribution in [-0.2, 0) is 6.42 Å². The molecule has 1 unspecified atom stereocenters. The van der Waals surface area contributed by atoms with E-state index in [0.29, 0.717) is 12.2 Å². The average Bonchev–Trinajstić information content (AvgIpc) is 2.26. The van der Waals surface area contributed by atoms with Crippen molar-refractivity contribution in [2.75, 3.05) is 14.2 Å². The van der Waals surface area contributed by atoms with E-state index in [2.05, 4.69) is 0 Å². The van der Waals surface area contributed by atoms with Crippen LogP contribution in [0.1, 0.15) is 12.5 Å². The predicted octanol–water partition coefficient (Wildman–Crippen LogP) is 1.50. The zero-order valence-electron chi connectivity index (χ0n) is 10.1. The van der Waals surface area contributed by atoms with Gasteiger partial charge in [0.1, 0.15) is 0 Å². The molecule has 1 aromatic rings. The lowest BCUT2D eigenvalue weighted by atomic mass is 10.1. The van der Waals surface area contributed by atoms with Crippen LogP contribution in [0.2, 0.25) is 0 Å². The Morgan fingerprint density at radius 1 is 1.35 bits per heavy atom. The van der Waals surface area contributed by atoms with Crippen molar-refractivity contribution in [3.63, 3.8) is 0 Å². The molecule has 0 aliphatic carbocycles. The van der Waals surface area contributed by atoms with Gasteiger partial charge in [0.25, 0.3) is 0 Å². The van der Waals surface area contributed by atoms with Crippen LogP contribution < -0.4 is 15.2 Å². The second kappa shape index (κ2) is 5.49. The number of hydrogen-bond acceptors (Lipinski definition) is 5. The number of nitrogens with two attached hydrogens (primary N) is 1. The molecule has 6 nitrogen and oxygen atoms in total. The van der Waals surface area contributed by atoms with Gasteiger partial charge in [-0.3, -0.25) is 10.1 Å². The molecule has 1 rings (SSSR count). The number of ether oxygens (including phenoxy) is 2. The molecular weight excluding hydrogens is 224 g/mol. The quantitative estimate of drug-likeness (QED) is 0.622. The third-order valence-electron chi connectivity index (χ3n) is 2.32. The number of hydrogen-bond donors (Lipinski definition) is 1. The van der Waals surface area contributed by atoms with Gasteiger partial charge < -0.3 is 15.2 Å². The summed E-state index contributed by atoms with van der Waals surface area (Å²) in [6, 6.07) is 2.98. The second-order valence-corrected chi connectivity index (χ2v) is 3.75. The molecule has 0 aliphatic heterocycles. The Bertz CT molecular complexity index is 418. The molecule has 17 heavy (non-hydrogen) atoms. The zero-order chi connectivity index (χ0) is 13.0. The topological polar surface area (TPSA) is 87.6 Å². The van der Waals surface area contributed by atoms with Crippen molar-refractivity contribution in [1.82, 2.24) is 0 Å². The Labute approximate surface area is 99.5 Å². The summed E-state index contributed by atoms with van der Waals surface area (Å²) in [4.78, 5) is 10.3. The number of nitro benzene ring substituents is 1. The van der Waals surface area contributed by atoms with Crippen LogP contribution in [0.5, 0.6) is 11.5 Å². The standard InChI is InChI=1S/C11H16N2O4/c1-7(12)6-8-4-5-9(13(14)15)11(17-3)10(8)16-2/h4-5,7H,6,12H2,1-3H3. The highest BCUT2D eigenvalue weighted by Gasteiger charge is 2.22. The van der Waals surface area contributed by atoms with E-state index in [1.165, 1.54) is 20.3 Å². The molecule has 0 bridgehead atoms. The number of benzene rings is 1. The number of nitro groups is 1. The summed E-state index contributed by atoms with van der Waals surface area (Å²) in [5, 5.41) is 10.8. The van der Waals surface area contributed by atoms with Gasteiger partial charge in [0.05, 0.1) is 19.1 Å². The van der Waals surface area contributed by atoms with E-state index >= 15 is 0 Å². The molecule has 0 fully saturated rings. The lowest BCUT2D eigenvalue weighted by molar-refractivity contribution is -0.385. The summed E-state index contributed by atoms with van der Waals surface area (Å²) in [6.45, 7) is 1.85. The maximum absolute atomic E-state index is 10.8. The Morgan fingerprint density at radius 2 is 1.94 bits per heavy atom. The molecular formula is C11H16N2O4. The fourth-order valence-electron chi connectivity index (χ4n) is 1.67. The molecule has 6 heteroatoms. The molecule has 0 aliphatic rings. The molecule has 94 valence electrons. The first-order valence-electron chi connectivity index (χ1n) is 5.15. The summed E-state index contributed by atoms with van der Waals surface area (Å²) in [6.07, 6.45) is 0.567. The molecule has 1 atom stereocenters. The maximum atomic E-state index is 10.8. The SMILES string of the molecule is COc1c(CC(C)N)ccc([N+](=O)[O-])c1OC. The van der Waals surface area contributed by atoms with Gasteiger partial charge in [0.2, 0.25) is 5.75 Å². The summed E-state index contributed by atoms with van der Waals surface area (Å²) in [7, 11) is 2.83. The summed E-state index contributed by atoms with van der Waals surface area (Å²) in [5.74, 6) is 0.509. The fourth-order valence-corrected chi connectivity index (χ4v) is 1.67. The molecule has 0 amide bonds. The minimum atomic E-state index is -0.503. The van der Waals surface area contributed by atoms with Crippen LogP contribution >= 0.6 is 0 Å². The van der Waals surface area contributed by atoms with Gasteiger partial charge in [0, 0.05) is 17.7 Å². The molecule has 0 saturated carbocycles. The first kappa shape index (κ1) is 13.2. The largest absolute Gasteiger partial charge is 0.492 e. The highest BCUT2D eigenvalue weighted by Crippen LogP contribution is 2.39. The molecule has 0 radical (unpaired) electrons. The van der Waals surface area contributed by atoms with Gasteiger partial charge >= 0.3 is 5.69 Å². The first-order chi connectivity index (χ1) is 8.01. The average molecular weight is 240 g/mol. The number of nitrogens with zero attached hydrogens (tertiary/aromatic N) is 1. The van der Waals surface area contributed by atoms with Crippen LogP contribution in [0.3, 0.4) is 0 Å². The van der Waals surface area contributed by atoms with Gasteiger partial charge in [-0.25, -0.2) is 0 Å². The van der Waals surface area contributed by atoms with Crippen molar-refractivity contribution in [2.24, 2.45) is 5.73 Å². The van der Waals surface area contributed by atoms with E-state index in [0.717, 1.165) is 5.56 Å². The first-order valence-corrected chi connectivity index (χ1v) is 5.15. The number of rotatable bonds is 5. The molecule has 1 aromatic carbocycles. The Kier molecular flexibility index (Phi) is 4.28. The van der Waals surface area contributed by atoms with Crippen LogP contribution in [0, 0.1) is 10.1 Å². The van der Waals surface area contributed by atoms with E-state index < -0.39 is 4.92 Å². The molecule has 0 saturated heterocycles. The Morgan fingerprint density at radius 3 is 2.35 bits per heavy atom. The van der Waals surface area contributed by atoms with E-state index in [9.17, 15) is 10.1 Å². The summed E-state index contributed by atoms with van der Waals surface area (Å²) in [5.41, 5.74) is 6.39. The summed E-state index contributed by atoms with van der Waals surface area (Å²) < 4.78 is 10.2. The highest BCUT2D eigenvalue weighted by molar-refractivity contribution is 5.59. The third-order valence-corrected chi connectivity index (χ3v) is 2.32. The van der Waals surface area contributed by atoms with E-state index in [1.807, 2.05) is 6.92 Å². The lowest BCUT2D eigenvalue weighted by Gasteiger charge is -2.14. The van der Waals surface area contributed by atoms with Crippen molar-refractivity contribution in [2.45, 2.75) is 19.4 Å². The normalized spacial score (nSPS) is 12.0. The third kappa shape index (κ3) is 2.85. The molecule has 0 spiro atoms. The molecule has 2 N–H and O–H groups in total. The fraction of sp³-hybridized carbons (Fsp3) is 0.455. The van der Waals surface area contributed by atoms with Crippen LogP contribution in [0.4, 0.5) is 5.69 Å². The monoisotopic (exact) mass is 240 g/mol. The van der Waals surface area contributed by atoms with Crippen molar-refractivity contribution < 1.29 is 14.4 Å².